The van der Waals surface area contributed by atoms with E-state index in [-0.39, 0.29) is 21.7 Å². The molecule has 5 nitrogen and oxygen atoms in total. The second-order valence-electron chi connectivity index (χ2n) is 6.88. The maximum absolute atomic E-state index is 12.9. The minimum absolute atomic E-state index is 0.0663. The third-order valence-electron chi connectivity index (χ3n) is 3.71. The molecule has 25 heavy (non-hydrogen) atoms. The zero-order valence-electron chi connectivity index (χ0n) is 15.0. The number of phenolic OH excluding ortho intramolecular Hbond substituents is 1. The number of aromatic hydroxyl groups is 1. The highest BCUT2D eigenvalue weighted by Gasteiger charge is 2.24. The third-order valence-corrected chi connectivity index (χ3v) is 5.10. The zero-order chi connectivity index (χ0) is 18.7. The van der Waals surface area contributed by atoms with E-state index >= 15 is 0 Å². The maximum atomic E-state index is 12.9. The summed E-state index contributed by atoms with van der Waals surface area (Å²) in [7, 11) is -3.91. The van der Waals surface area contributed by atoms with Crippen LogP contribution in [0.4, 0.5) is 5.69 Å². The molecule has 6 heteroatoms. The van der Waals surface area contributed by atoms with Gasteiger partial charge in [-0.3, -0.25) is 4.72 Å². The van der Waals surface area contributed by atoms with Crippen molar-refractivity contribution in [2.24, 2.45) is 0 Å². The lowest BCUT2D eigenvalue weighted by molar-refractivity contribution is 0.309. The van der Waals surface area contributed by atoms with Crippen LogP contribution in [0.25, 0.3) is 0 Å². The largest absolute Gasteiger partial charge is 0.506 e. The van der Waals surface area contributed by atoms with E-state index in [9.17, 15) is 13.5 Å². The van der Waals surface area contributed by atoms with Gasteiger partial charge in [-0.05, 0) is 41.7 Å². The first-order chi connectivity index (χ1) is 11.6. The standard InChI is InChI=1S/C19H25NO4S/c1-5-12-24-17-11-10-14(19(2,3)4)13-18(17)25(22,23)20-15-8-6-7-9-16(15)21/h6-11,13,20-21H,5,12H2,1-4H3. The lowest BCUT2D eigenvalue weighted by atomic mass is 9.87. The van der Waals surface area contributed by atoms with Gasteiger partial charge < -0.3 is 9.84 Å². The van der Waals surface area contributed by atoms with Gasteiger partial charge in [0.25, 0.3) is 10.0 Å². The Labute approximate surface area is 149 Å². The van der Waals surface area contributed by atoms with E-state index in [0.29, 0.717) is 12.4 Å². The molecule has 0 amide bonds. The highest BCUT2D eigenvalue weighted by Crippen LogP contribution is 2.33. The molecule has 0 spiro atoms. The molecule has 0 aliphatic rings. The third kappa shape index (κ3) is 4.66. The van der Waals surface area contributed by atoms with Crippen LogP contribution in [-0.2, 0) is 15.4 Å². The Kier molecular flexibility index (Phi) is 5.62. The lowest BCUT2D eigenvalue weighted by Crippen LogP contribution is -2.17. The van der Waals surface area contributed by atoms with Gasteiger partial charge in [0.05, 0.1) is 12.3 Å². The molecule has 2 rings (SSSR count). The van der Waals surface area contributed by atoms with Crippen LogP contribution in [0.2, 0.25) is 0 Å². The van der Waals surface area contributed by atoms with E-state index in [1.807, 2.05) is 33.8 Å². The van der Waals surface area contributed by atoms with Gasteiger partial charge in [-0.25, -0.2) is 8.42 Å². The highest BCUT2D eigenvalue weighted by molar-refractivity contribution is 7.92. The summed E-state index contributed by atoms with van der Waals surface area (Å²) in [6.07, 6.45) is 0.771. The van der Waals surface area contributed by atoms with Crippen molar-refractivity contribution in [3.63, 3.8) is 0 Å². The van der Waals surface area contributed by atoms with Gasteiger partial charge in [-0.1, -0.05) is 45.9 Å². The Morgan fingerprint density at radius 2 is 1.80 bits per heavy atom. The maximum Gasteiger partial charge on any atom is 0.265 e. The summed E-state index contributed by atoms with van der Waals surface area (Å²) in [5, 5.41) is 9.86. The number of phenols is 1. The molecular formula is C19H25NO4S. The zero-order valence-corrected chi connectivity index (χ0v) is 15.9. The molecule has 0 aliphatic carbocycles. The number of para-hydroxylation sites is 2. The minimum Gasteiger partial charge on any atom is -0.506 e. The number of nitrogens with one attached hydrogen (secondary N) is 1. The van der Waals surface area contributed by atoms with Gasteiger partial charge in [0, 0.05) is 0 Å². The van der Waals surface area contributed by atoms with Crippen molar-refractivity contribution < 1.29 is 18.3 Å². The van der Waals surface area contributed by atoms with Crippen LogP contribution >= 0.6 is 0 Å². The van der Waals surface area contributed by atoms with Crippen LogP contribution in [0.15, 0.2) is 47.4 Å². The molecule has 2 aromatic rings. The fourth-order valence-electron chi connectivity index (χ4n) is 2.28. The fourth-order valence-corrected chi connectivity index (χ4v) is 3.52. The Hall–Kier alpha value is -2.21. The number of rotatable bonds is 6. The number of hydrogen-bond acceptors (Lipinski definition) is 4. The Bertz CT molecular complexity index is 839. The molecule has 0 heterocycles. The van der Waals surface area contributed by atoms with E-state index in [4.69, 9.17) is 4.74 Å². The number of ether oxygens (including phenoxy) is 1. The average molecular weight is 363 g/mol. The summed E-state index contributed by atoms with van der Waals surface area (Å²) in [5.74, 6) is 0.173. The summed E-state index contributed by atoms with van der Waals surface area (Å²) >= 11 is 0. The van der Waals surface area contributed by atoms with Crippen molar-refractivity contribution >= 4 is 15.7 Å². The molecule has 0 unspecified atom stereocenters. The molecule has 2 N–H and O–H groups in total. The first kappa shape index (κ1) is 19.1. The van der Waals surface area contributed by atoms with Gasteiger partial charge in [0.15, 0.2) is 0 Å². The molecule has 0 radical (unpaired) electrons. The lowest BCUT2D eigenvalue weighted by Gasteiger charge is -2.21. The summed E-state index contributed by atoms with van der Waals surface area (Å²) in [4.78, 5) is 0.0663. The summed E-state index contributed by atoms with van der Waals surface area (Å²) in [6.45, 7) is 8.43. The molecule has 2 aromatic carbocycles. The van der Waals surface area contributed by atoms with Crippen molar-refractivity contribution in [1.82, 2.24) is 0 Å². The van der Waals surface area contributed by atoms with Gasteiger partial charge in [-0.15, -0.1) is 0 Å². The Morgan fingerprint density at radius 3 is 2.40 bits per heavy atom. The van der Waals surface area contributed by atoms with Gasteiger partial charge in [0.1, 0.15) is 16.4 Å². The molecule has 0 atom stereocenters. The smallest absolute Gasteiger partial charge is 0.265 e. The van der Waals surface area contributed by atoms with E-state index < -0.39 is 10.0 Å². The molecule has 0 aromatic heterocycles. The van der Waals surface area contributed by atoms with E-state index in [1.54, 1.807) is 24.3 Å². The average Bonchev–Trinajstić information content (AvgIpc) is 2.54. The number of anilines is 1. The van der Waals surface area contributed by atoms with Crippen LogP contribution in [0.3, 0.4) is 0 Å². The summed E-state index contributed by atoms with van der Waals surface area (Å²) in [5.41, 5.74) is 0.807. The first-order valence-electron chi connectivity index (χ1n) is 8.23. The van der Waals surface area contributed by atoms with Gasteiger partial charge in [0.2, 0.25) is 0 Å². The quantitative estimate of drug-likeness (QED) is 0.751. The van der Waals surface area contributed by atoms with Crippen LogP contribution in [-0.4, -0.2) is 20.1 Å². The van der Waals surface area contributed by atoms with Crippen LogP contribution < -0.4 is 9.46 Å². The second kappa shape index (κ2) is 7.35. The summed E-state index contributed by atoms with van der Waals surface area (Å²) < 4.78 is 33.9. The topological polar surface area (TPSA) is 75.6 Å². The minimum atomic E-state index is -3.91. The van der Waals surface area contributed by atoms with Crippen molar-refractivity contribution in [2.45, 2.75) is 44.4 Å². The van der Waals surface area contributed by atoms with Crippen molar-refractivity contribution in [2.75, 3.05) is 11.3 Å². The van der Waals surface area contributed by atoms with E-state index in [1.165, 1.54) is 12.1 Å². The van der Waals surface area contributed by atoms with Crippen molar-refractivity contribution in [3.05, 3.63) is 48.0 Å². The Morgan fingerprint density at radius 1 is 1.12 bits per heavy atom. The highest BCUT2D eigenvalue weighted by atomic mass is 32.2. The van der Waals surface area contributed by atoms with E-state index in [2.05, 4.69) is 4.72 Å². The molecule has 0 aliphatic heterocycles. The number of sulfonamides is 1. The van der Waals surface area contributed by atoms with Crippen molar-refractivity contribution in [3.8, 4) is 11.5 Å². The van der Waals surface area contributed by atoms with Crippen LogP contribution in [0, 0.1) is 0 Å². The monoisotopic (exact) mass is 363 g/mol. The predicted molar refractivity (Wildman–Crippen MR) is 99.8 cm³/mol. The SMILES string of the molecule is CCCOc1ccc(C(C)(C)C)cc1S(=O)(=O)Nc1ccccc1O. The van der Waals surface area contributed by atoms with Crippen LogP contribution in [0.5, 0.6) is 11.5 Å². The van der Waals surface area contributed by atoms with Crippen LogP contribution in [0.1, 0.15) is 39.7 Å². The summed E-state index contributed by atoms with van der Waals surface area (Å²) in [6, 6.07) is 11.4. The molecule has 0 fully saturated rings. The number of benzene rings is 2. The number of hydrogen-bond donors (Lipinski definition) is 2. The normalized spacial score (nSPS) is 12.0. The van der Waals surface area contributed by atoms with Gasteiger partial charge >= 0.3 is 0 Å². The molecule has 136 valence electrons. The molecular weight excluding hydrogens is 338 g/mol. The predicted octanol–water partition coefficient (Wildman–Crippen LogP) is 4.28. The first-order valence-corrected chi connectivity index (χ1v) is 9.71. The van der Waals surface area contributed by atoms with Crippen molar-refractivity contribution in [1.29, 1.82) is 0 Å². The molecule has 0 saturated carbocycles. The molecule has 0 saturated heterocycles. The Balaban J connectivity index is 2.51. The van der Waals surface area contributed by atoms with E-state index in [0.717, 1.165) is 12.0 Å². The second-order valence-corrected chi connectivity index (χ2v) is 8.53. The van der Waals surface area contributed by atoms with Gasteiger partial charge in [-0.2, -0.15) is 0 Å². The fraction of sp³-hybridized carbons (Fsp3) is 0.368. The molecule has 0 bridgehead atoms.